The van der Waals surface area contributed by atoms with Gasteiger partial charge in [0.2, 0.25) is 0 Å². The number of halogens is 1. The first-order chi connectivity index (χ1) is 8.83. The van der Waals surface area contributed by atoms with Gasteiger partial charge in [-0.15, -0.1) is 11.6 Å². The lowest BCUT2D eigenvalue weighted by atomic mass is 10.1. The van der Waals surface area contributed by atoms with E-state index in [2.05, 4.69) is 42.6 Å². The van der Waals surface area contributed by atoms with Crippen molar-refractivity contribution in [3.05, 3.63) is 35.9 Å². The van der Waals surface area contributed by atoms with Gasteiger partial charge in [0.25, 0.3) is 0 Å². The van der Waals surface area contributed by atoms with Crippen molar-refractivity contribution < 1.29 is 0 Å². The number of hydrogen-bond donors (Lipinski definition) is 1. The fourth-order valence-electron chi connectivity index (χ4n) is 2.00. The molecule has 1 atom stereocenters. The second-order valence-corrected chi connectivity index (χ2v) is 5.40. The molecule has 0 amide bonds. The van der Waals surface area contributed by atoms with Crippen molar-refractivity contribution in [3.63, 3.8) is 0 Å². The van der Waals surface area contributed by atoms with Gasteiger partial charge in [0.1, 0.15) is 0 Å². The van der Waals surface area contributed by atoms with Crippen LogP contribution in [-0.4, -0.2) is 19.0 Å². The summed E-state index contributed by atoms with van der Waals surface area (Å²) in [6.07, 6.45) is 6.22. The molecule has 1 unspecified atom stereocenters. The van der Waals surface area contributed by atoms with Gasteiger partial charge in [-0.25, -0.2) is 0 Å². The first-order valence-corrected chi connectivity index (χ1v) is 7.67. The van der Waals surface area contributed by atoms with E-state index >= 15 is 0 Å². The number of nitrogens with one attached hydrogen (secondary N) is 1. The molecule has 1 rings (SSSR count). The van der Waals surface area contributed by atoms with E-state index in [-0.39, 0.29) is 0 Å². The minimum absolute atomic E-state index is 0.659. The number of aryl methyl sites for hydroxylation is 1. The maximum Gasteiger partial charge on any atom is 0.0249 e. The lowest BCUT2D eigenvalue weighted by Gasteiger charge is -2.08. The van der Waals surface area contributed by atoms with Gasteiger partial charge in [-0.2, -0.15) is 0 Å². The Morgan fingerprint density at radius 1 is 1.06 bits per heavy atom. The maximum absolute atomic E-state index is 5.77. The molecule has 0 saturated carbocycles. The molecular formula is C16H26ClN. The quantitative estimate of drug-likeness (QED) is 0.494. The van der Waals surface area contributed by atoms with Crippen molar-refractivity contribution in [2.75, 3.05) is 19.0 Å². The molecule has 0 heterocycles. The molecule has 0 aromatic heterocycles. The molecule has 0 aliphatic heterocycles. The predicted molar refractivity (Wildman–Crippen MR) is 81.4 cm³/mol. The van der Waals surface area contributed by atoms with E-state index in [0.717, 1.165) is 19.0 Å². The van der Waals surface area contributed by atoms with Crippen LogP contribution in [0.15, 0.2) is 30.3 Å². The number of hydrogen-bond acceptors (Lipinski definition) is 1. The highest BCUT2D eigenvalue weighted by Gasteiger charge is 1.98. The molecule has 1 aromatic rings. The first kappa shape index (κ1) is 15.5. The molecule has 102 valence electrons. The Morgan fingerprint density at radius 3 is 2.50 bits per heavy atom. The van der Waals surface area contributed by atoms with Crippen LogP contribution in [-0.2, 0) is 6.42 Å². The Balaban J connectivity index is 1.87. The average Bonchev–Trinajstić information content (AvgIpc) is 2.42. The molecule has 0 radical (unpaired) electrons. The molecule has 0 bridgehead atoms. The van der Waals surface area contributed by atoms with Crippen molar-refractivity contribution in [1.82, 2.24) is 5.32 Å². The number of rotatable bonds is 10. The highest BCUT2D eigenvalue weighted by molar-refractivity contribution is 6.18. The van der Waals surface area contributed by atoms with Crippen LogP contribution in [0, 0.1) is 5.92 Å². The van der Waals surface area contributed by atoms with Crippen LogP contribution in [0.3, 0.4) is 0 Å². The lowest BCUT2D eigenvalue weighted by molar-refractivity contribution is 0.524. The molecule has 1 N–H and O–H groups in total. The van der Waals surface area contributed by atoms with E-state index in [0.29, 0.717) is 5.92 Å². The maximum atomic E-state index is 5.77. The first-order valence-electron chi connectivity index (χ1n) is 7.13. The molecule has 1 nitrogen and oxygen atoms in total. The Kier molecular flexibility index (Phi) is 8.97. The Labute approximate surface area is 117 Å². The van der Waals surface area contributed by atoms with Gasteiger partial charge >= 0.3 is 0 Å². The zero-order valence-electron chi connectivity index (χ0n) is 11.5. The molecular weight excluding hydrogens is 242 g/mol. The fraction of sp³-hybridized carbons (Fsp3) is 0.625. The van der Waals surface area contributed by atoms with E-state index in [1.165, 1.54) is 37.7 Å². The highest BCUT2D eigenvalue weighted by atomic mass is 35.5. The highest BCUT2D eigenvalue weighted by Crippen LogP contribution is 2.06. The van der Waals surface area contributed by atoms with Crippen molar-refractivity contribution in [3.8, 4) is 0 Å². The average molecular weight is 268 g/mol. The monoisotopic (exact) mass is 267 g/mol. The number of alkyl halides is 1. The van der Waals surface area contributed by atoms with Crippen LogP contribution in [0.4, 0.5) is 0 Å². The third-order valence-corrected chi connectivity index (χ3v) is 3.75. The van der Waals surface area contributed by atoms with Gasteiger partial charge in [-0.05, 0) is 56.7 Å². The summed E-state index contributed by atoms with van der Waals surface area (Å²) in [7, 11) is 0. The second-order valence-electron chi connectivity index (χ2n) is 5.09. The van der Waals surface area contributed by atoms with Gasteiger partial charge in [0, 0.05) is 5.88 Å². The summed E-state index contributed by atoms with van der Waals surface area (Å²) in [6, 6.07) is 10.7. The summed E-state index contributed by atoms with van der Waals surface area (Å²) < 4.78 is 0. The molecule has 2 heteroatoms. The summed E-state index contributed by atoms with van der Waals surface area (Å²) in [6.45, 7) is 4.49. The van der Waals surface area contributed by atoms with Crippen LogP contribution >= 0.6 is 11.6 Å². The Hall–Kier alpha value is -0.530. The summed E-state index contributed by atoms with van der Waals surface area (Å²) in [5, 5.41) is 3.51. The largest absolute Gasteiger partial charge is 0.317 e. The van der Waals surface area contributed by atoms with Gasteiger partial charge < -0.3 is 5.32 Å². The third kappa shape index (κ3) is 7.73. The lowest BCUT2D eigenvalue weighted by Crippen LogP contribution is -2.17. The van der Waals surface area contributed by atoms with Gasteiger partial charge in [-0.1, -0.05) is 37.3 Å². The molecule has 0 aliphatic rings. The smallest absolute Gasteiger partial charge is 0.0249 e. The summed E-state index contributed by atoms with van der Waals surface area (Å²) in [5.41, 5.74) is 1.45. The zero-order chi connectivity index (χ0) is 13.1. The van der Waals surface area contributed by atoms with Gasteiger partial charge in [0.05, 0.1) is 0 Å². The Bertz CT molecular complexity index is 286. The molecule has 0 spiro atoms. The van der Waals surface area contributed by atoms with Gasteiger partial charge in [-0.3, -0.25) is 0 Å². The molecule has 1 aromatic carbocycles. The van der Waals surface area contributed by atoms with E-state index in [9.17, 15) is 0 Å². The Morgan fingerprint density at radius 2 is 1.78 bits per heavy atom. The van der Waals surface area contributed by atoms with E-state index < -0.39 is 0 Å². The number of unbranched alkanes of at least 4 members (excludes halogenated alkanes) is 1. The van der Waals surface area contributed by atoms with Crippen LogP contribution < -0.4 is 5.32 Å². The normalized spacial score (nSPS) is 12.6. The number of benzene rings is 1. The molecule has 0 aliphatic carbocycles. The standard InChI is InChI=1S/C16H26ClN/c1-15(14-17)8-7-13-18-12-6-5-11-16-9-3-2-4-10-16/h2-4,9-10,15,18H,5-8,11-14H2,1H3. The second kappa shape index (κ2) is 10.4. The van der Waals surface area contributed by atoms with E-state index in [1.807, 2.05) is 0 Å². The minimum atomic E-state index is 0.659. The fourth-order valence-corrected chi connectivity index (χ4v) is 2.16. The van der Waals surface area contributed by atoms with Crippen molar-refractivity contribution in [2.24, 2.45) is 5.92 Å². The summed E-state index contributed by atoms with van der Waals surface area (Å²) in [4.78, 5) is 0. The van der Waals surface area contributed by atoms with Crippen LogP contribution in [0.5, 0.6) is 0 Å². The van der Waals surface area contributed by atoms with Crippen LogP contribution in [0.25, 0.3) is 0 Å². The van der Waals surface area contributed by atoms with E-state index in [4.69, 9.17) is 11.6 Å². The predicted octanol–water partition coefficient (Wildman–Crippen LogP) is 4.25. The zero-order valence-corrected chi connectivity index (χ0v) is 12.3. The summed E-state index contributed by atoms with van der Waals surface area (Å²) >= 11 is 5.77. The van der Waals surface area contributed by atoms with Crippen molar-refractivity contribution in [1.29, 1.82) is 0 Å². The van der Waals surface area contributed by atoms with Crippen LogP contribution in [0.2, 0.25) is 0 Å². The SMILES string of the molecule is CC(CCl)CCCNCCCCc1ccccc1. The van der Waals surface area contributed by atoms with Crippen LogP contribution in [0.1, 0.15) is 38.2 Å². The van der Waals surface area contributed by atoms with Crippen molar-refractivity contribution in [2.45, 2.75) is 39.0 Å². The molecule has 0 fully saturated rings. The van der Waals surface area contributed by atoms with Crippen molar-refractivity contribution >= 4 is 11.6 Å². The molecule has 18 heavy (non-hydrogen) atoms. The molecule has 0 saturated heterocycles. The van der Waals surface area contributed by atoms with E-state index in [1.54, 1.807) is 0 Å². The topological polar surface area (TPSA) is 12.0 Å². The summed E-state index contributed by atoms with van der Waals surface area (Å²) in [5.74, 6) is 1.45. The van der Waals surface area contributed by atoms with Gasteiger partial charge in [0.15, 0.2) is 0 Å². The third-order valence-electron chi connectivity index (χ3n) is 3.23. The minimum Gasteiger partial charge on any atom is -0.317 e.